The summed E-state index contributed by atoms with van der Waals surface area (Å²) in [5.41, 5.74) is 2.60. The van der Waals surface area contributed by atoms with E-state index < -0.39 is 0 Å². The first-order chi connectivity index (χ1) is 2.91. The van der Waals surface area contributed by atoms with E-state index in [0.717, 1.165) is 16.5 Å². The molecule has 0 N–H and O–H groups in total. The first kappa shape index (κ1) is 7.38. The maximum absolute atomic E-state index is 3.41. The fourth-order valence-electron chi connectivity index (χ4n) is 0.110. The Balaban J connectivity index is 2.34. The second kappa shape index (κ2) is 6.38. The van der Waals surface area contributed by atoms with Crippen LogP contribution < -0.4 is 0 Å². The molecule has 0 aliphatic rings. The summed E-state index contributed by atoms with van der Waals surface area (Å²) in [6, 6.07) is 0. The molecular formula is C2H4ISi3. The zero-order chi connectivity index (χ0) is 4.83. The van der Waals surface area contributed by atoms with Crippen LogP contribution in [0.1, 0.15) is 0 Å². The third kappa shape index (κ3) is 5.38. The lowest BCUT2D eigenvalue weighted by molar-refractivity contribution is 1.91. The predicted octanol–water partition coefficient (Wildman–Crippen LogP) is 0.665. The molecule has 31 valence electrons. The van der Waals surface area contributed by atoms with Gasteiger partial charge in [0.2, 0.25) is 0 Å². The molecule has 0 saturated carbocycles. The summed E-state index contributed by atoms with van der Waals surface area (Å²) in [5, 5.41) is 0. The molecule has 7 radical (unpaired) electrons. The van der Waals surface area contributed by atoms with E-state index in [4.69, 9.17) is 0 Å². The van der Waals surface area contributed by atoms with Gasteiger partial charge in [0.15, 0.2) is 0 Å². The highest BCUT2D eigenvalue weighted by molar-refractivity contribution is 14.1. The molecule has 0 saturated heterocycles. The lowest BCUT2D eigenvalue weighted by Gasteiger charge is -1.81. The van der Waals surface area contributed by atoms with E-state index >= 15 is 0 Å². The summed E-state index contributed by atoms with van der Waals surface area (Å²) < 4.78 is 0. The van der Waals surface area contributed by atoms with Gasteiger partial charge >= 0.3 is 0 Å². The molecule has 0 atom stereocenters. The van der Waals surface area contributed by atoms with Crippen LogP contribution in [0.15, 0.2) is 0 Å². The van der Waals surface area contributed by atoms with Crippen molar-refractivity contribution in [2.45, 2.75) is 11.3 Å². The van der Waals surface area contributed by atoms with Crippen molar-refractivity contribution in [2.75, 3.05) is 0 Å². The van der Waals surface area contributed by atoms with E-state index in [0.29, 0.717) is 0 Å². The van der Waals surface area contributed by atoms with Crippen molar-refractivity contribution in [3.05, 3.63) is 0 Å². The van der Waals surface area contributed by atoms with Crippen LogP contribution in [0.3, 0.4) is 0 Å². The lowest BCUT2D eigenvalue weighted by Crippen LogP contribution is -1.89. The summed E-state index contributed by atoms with van der Waals surface area (Å²) in [4.78, 5) is 0. The van der Waals surface area contributed by atoms with Gasteiger partial charge in [0.1, 0.15) is 7.02 Å². The van der Waals surface area contributed by atoms with Crippen LogP contribution in [0.25, 0.3) is 0 Å². The van der Waals surface area contributed by atoms with E-state index in [9.17, 15) is 0 Å². The minimum atomic E-state index is 1.12. The first-order valence-corrected chi connectivity index (χ1v) is 8.05. The topological polar surface area (TPSA) is 0 Å². The lowest BCUT2D eigenvalue weighted by atomic mass is 11.8. The van der Waals surface area contributed by atoms with Crippen LogP contribution in [0.2, 0.25) is 11.3 Å². The maximum atomic E-state index is 3.41. The molecule has 4 heteroatoms. The highest BCUT2D eigenvalue weighted by Crippen LogP contribution is 1.83. The predicted molar refractivity (Wildman–Crippen MR) is 40.9 cm³/mol. The Kier molecular flexibility index (Phi) is 7.85. The molecule has 0 aromatic heterocycles. The Morgan fingerprint density at radius 3 is 2.50 bits per heavy atom. The Bertz CT molecular complexity index is 20.8. The average Bonchev–Trinajstić information content (AvgIpc) is 1.61. The Morgan fingerprint density at radius 2 is 2.33 bits per heavy atom. The summed E-state index contributed by atoms with van der Waals surface area (Å²) in [5.74, 6) is 0. The maximum Gasteiger partial charge on any atom is 0.127 e. The third-order valence-electron chi connectivity index (χ3n) is 0.317. The summed E-state index contributed by atoms with van der Waals surface area (Å²) in [7, 11) is 5.65. The molecule has 0 unspecified atom stereocenters. The van der Waals surface area contributed by atoms with Crippen LogP contribution >= 0.6 is 21.8 Å². The molecule has 0 fully saturated rings. The third-order valence-corrected chi connectivity index (χ3v) is 6.28. The molecular weight excluding hydrogens is 235 g/mol. The van der Waals surface area contributed by atoms with Crippen molar-refractivity contribution >= 4 is 48.6 Å². The van der Waals surface area contributed by atoms with Crippen molar-refractivity contribution in [3.63, 3.8) is 0 Å². The standard InChI is InChI=1S/C2H4ISi3/c3-6-2-5-1-4/h1-2H2. The highest BCUT2D eigenvalue weighted by Gasteiger charge is 1.80. The molecule has 0 rings (SSSR count). The minimum Gasteiger partial charge on any atom is -0.124 e. The SMILES string of the molecule is [Si]C[Si]C[Si]I. The average molecular weight is 239 g/mol. The smallest absolute Gasteiger partial charge is 0.124 e. The van der Waals surface area contributed by atoms with Gasteiger partial charge in [0.25, 0.3) is 0 Å². The molecule has 6 heavy (non-hydrogen) atoms. The van der Waals surface area contributed by atoms with E-state index in [2.05, 4.69) is 32.0 Å². The van der Waals surface area contributed by atoms with Gasteiger partial charge in [-0.25, -0.2) is 0 Å². The normalized spacial score (nSPS) is 9.00. The van der Waals surface area contributed by atoms with Crippen LogP contribution in [0.5, 0.6) is 0 Å². The van der Waals surface area contributed by atoms with Gasteiger partial charge in [-0.1, -0.05) is 11.3 Å². The number of hydrogen-bond acceptors (Lipinski definition) is 0. The van der Waals surface area contributed by atoms with Crippen LogP contribution in [0.4, 0.5) is 0 Å². The summed E-state index contributed by atoms with van der Waals surface area (Å²) >= 11 is 2.42. The van der Waals surface area contributed by atoms with Crippen molar-refractivity contribution in [3.8, 4) is 0 Å². The van der Waals surface area contributed by atoms with Gasteiger partial charge in [-0.15, -0.1) is 21.8 Å². The minimum absolute atomic E-state index is 1.12. The van der Waals surface area contributed by atoms with E-state index in [1.807, 2.05) is 0 Å². The second-order valence-corrected chi connectivity index (χ2v) is 6.62. The van der Waals surface area contributed by atoms with E-state index in [1.54, 1.807) is 0 Å². The highest BCUT2D eigenvalue weighted by atomic mass is 127. The summed E-state index contributed by atoms with van der Waals surface area (Å²) in [6.45, 7) is 0. The molecule has 0 amide bonds. The fourth-order valence-corrected chi connectivity index (χ4v) is 4.54. The van der Waals surface area contributed by atoms with Crippen LogP contribution in [-0.2, 0) is 0 Å². The van der Waals surface area contributed by atoms with Gasteiger partial charge in [-0.2, -0.15) is 0 Å². The van der Waals surface area contributed by atoms with Crippen molar-refractivity contribution in [1.82, 2.24) is 0 Å². The largest absolute Gasteiger partial charge is 0.127 e. The Labute approximate surface area is 59.8 Å². The monoisotopic (exact) mass is 239 g/mol. The van der Waals surface area contributed by atoms with Gasteiger partial charge < -0.3 is 0 Å². The molecule has 0 bridgehead atoms. The quantitative estimate of drug-likeness (QED) is 0.294. The molecule has 0 nitrogen and oxygen atoms in total. The number of rotatable bonds is 3. The fraction of sp³-hybridized carbons (Fsp3) is 1.00. The molecule has 0 aliphatic heterocycles. The molecule has 0 spiro atoms. The van der Waals surface area contributed by atoms with Gasteiger partial charge in [-0.05, 0) is 0 Å². The summed E-state index contributed by atoms with van der Waals surface area (Å²) in [6.07, 6.45) is 0. The van der Waals surface area contributed by atoms with Crippen LogP contribution in [0, 0.1) is 0 Å². The van der Waals surface area contributed by atoms with Crippen LogP contribution in [-0.4, -0.2) is 26.8 Å². The van der Waals surface area contributed by atoms with Crippen molar-refractivity contribution in [2.24, 2.45) is 0 Å². The first-order valence-electron chi connectivity index (χ1n) is 1.60. The van der Waals surface area contributed by atoms with Crippen molar-refractivity contribution in [1.29, 1.82) is 0 Å². The van der Waals surface area contributed by atoms with Gasteiger partial charge in [-0.3, -0.25) is 0 Å². The molecule has 0 aromatic rings. The van der Waals surface area contributed by atoms with E-state index in [-0.39, 0.29) is 0 Å². The second-order valence-electron chi connectivity index (χ2n) is 0.737. The zero-order valence-electron chi connectivity index (χ0n) is 3.29. The molecule has 0 aromatic carbocycles. The number of halogens is 1. The zero-order valence-corrected chi connectivity index (χ0v) is 8.45. The van der Waals surface area contributed by atoms with E-state index in [1.165, 1.54) is 11.3 Å². The number of hydrogen-bond donors (Lipinski definition) is 0. The Hall–Kier alpha value is 1.38. The molecule has 0 heterocycles. The van der Waals surface area contributed by atoms with Gasteiger partial charge in [0.05, 0.1) is 0 Å². The van der Waals surface area contributed by atoms with Crippen molar-refractivity contribution < 1.29 is 0 Å². The Morgan fingerprint density at radius 1 is 1.67 bits per heavy atom. The molecule has 0 aliphatic carbocycles. The van der Waals surface area contributed by atoms with Gasteiger partial charge in [0, 0.05) is 19.8 Å².